The zero-order valence-corrected chi connectivity index (χ0v) is 26.5. The molecule has 39 heavy (non-hydrogen) atoms. The summed E-state index contributed by atoms with van der Waals surface area (Å²) in [6, 6.07) is 33.8. The molecule has 3 aliphatic rings. The molecule has 0 N–H and O–H groups in total. The number of hydrogen-bond donors (Lipinski definition) is 0. The van der Waals surface area contributed by atoms with E-state index in [9.17, 15) is 0 Å². The van der Waals surface area contributed by atoms with Gasteiger partial charge in [-0.1, -0.05) is 93.6 Å². The summed E-state index contributed by atoms with van der Waals surface area (Å²) in [5.41, 5.74) is 0.0483. The van der Waals surface area contributed by atoms with Crippen molar-refractivity contribution in [3.8, 4) is 0 Å². The second-order valence-electron chi connectivity index (χ2n) is 11.5. The van der Waals surface area contributed by atoms with Gasteiger partial charge < -0.3 is 38.2 Å². The number of rotatable bonds is 14. The van der Waals surface area contributed by atoms with E-state index in [0.29, 0.717) is 0 Å². The van der Waals surface area contributed by atoms with Gasteiger partial charge in [0.25, 0.3) is 5.97 Å². The Balaban J connectivity index is 0.00000353. The highest BCUT2D eigenvalue weighted by Crippen LogP contribution is 2.56. The Morgan fingerprint density at radius 3 is 1.31 bits per heavy atom. The normalized spacial score (nSPS) is 22.4. The summed E-state index contributed by atoms with van der Waals surface area (Å²) in [5.74, 6) is -0.746. The molecular formula is C34H44IO3P. The first-order chi connectivity index (χ1) is 18.6. The van der Waals surface area contributed by atoms with Gasteiger partial charge in [-0.2, -0.15) is 0 Å². The molecule has 6 rings (SSSR count). The lowest BCUT2D eigenvalue weighted by molar-refractivity contribution is -0.467. The first-order valence-electron chi connectivity index (χ1n) is 14.6. The van der Waals surface area contributed by atoms with E-state index < -0.39 is 13.2 Å². The maximum atomic E-state index is 5.92. The van der Waals surface area contributed by atoms with Crippen molar-refractivity contribution in [2.45, 2.75) is 70.7 Å². The lowest BCUT2D eigenvalue weighted by Crippen LogP contribution is -3.00. The molecule has 210 valence electrons. The fourth-order valence-corrected chi connectivity index (χ4v) is 10.4. The fourth-order valence-electron chi connectivity index (χ4n) is 5.95. The molecule has 0 aliphatic carbocycles. The molecule has 2 bridgehead atoms. The molecular weight excluding hydrogens is 614 g/mol. The van der Waals surface area contributed by atoms with Gasteiger partial charge >= 0.3 is 0 Å². The maximum Gasteiger partial charge on any atom is 0.282 e. The van der Waals surface area contributed by atoms with Crippen LogP contribution in [-0.4, -0.2) is 32.0 Å². The summed E-state index contributed by atoms with van der Waals surface area (Å²) in [5, 5.41) is 4.48. The zero-order valence-electron chi connectivity index (χ0n) is 23.4. The van der Waals surface area contributed by atoms with Gasteiger partial charge in [0.1, 0.15) is 23.2 Å². The smallest absolute Gasteiger partial charge is 0.282 e. The van der Waals surface area contributed by atoms with Crippen molar-refractivity contribution >= 4 is 23.2 Å². The quantitative estimate of drug-likeness (QED) is 0.148. The third kappa shape index (κ3) is 7.51. The summed E-state index contributed by atoms with van der Waals surface area (Å²) >= 11 is 0. The van der Waals surface area contributed by atoms with Crippen molar-refractivity contribution in [2.24, 2.45) is 5.41 Å². The van der Waals surface area contributed by atoms with Gasteiger partial charge in [-0.15, -0.1) is 0 Å². The van der Waals surface area contributed by atoms with E-state index in [1.807, 2.05) is 0 Å². The number of ether oxygens (including phenoxy) is 3. The van der Waals surface area contributed by atoms with Crippen molar-refractivity contribution < 1.29 is 38.2 Å². The van der Waals surface area contributed by atoms with Crippen LogP contribution in [0.15, 0.2) is 91.0 Å². The third-order valence-electron chi connectivity index (χ3n) is 8.24. The van der Waals surface area contributed by atoms with Crippen molar-refractivity contribution in [2.75, 3.05) is 26.0 Å². The Kier molecular flexibility index (Phi) is 11.4. The molecule has 0 saturated carbocycles. The van der Waals surface area contributed by atoms with E-state index in [0.717, 1.165) is 32.7 Å². The van der Waals surface area contributed by atoms with E-state index in [1.165, 1.54) is 67.0 Å². The Morgan fingerprint density at radius 1 is 0.538 bits per heavy atom. The van der Waals surface area contributed by atoms with E-state index in [2.05, 4.69) is 97.9 Å². The van der Waals surface area contributed by atoms with Crippen LogP contribution in [0.2, 0.25) is 0 Å². The molecule has 3 aromatic rings. The van der Waals surface area contributed by atoms with Gasteiger partial charge in [0, 0.05) is 11.8 Å². The average molecular weight is 659 g/mol. The summed E-state index contributed by atoms with van der Waals surface area (Å²) in [6.45, 7) is 4.45. The molecule has 0 atom stereocenters. The van der Waals surface area contributed by atoms with Crippen LogP contribution in [0.3, 0.4) is 0 Å². The van der Waals surface area contributed by atoms with Crippen LogP contribution in [0.5, 0.6) is 0 Å². The zero-order chi connectivity index (χ0) is 26.2. The van der Waals surface area contributed by atoms with Crippen LogP contribution in [-0.2, 0) is 14.2 Å². The van der Waals surface area contributed by atoms with Crippen LogP contribution >= 0.6 is 7.26 Å². The van der Waals surface area contributed by atoms with Gasteiger partial charge in [-0.25, -0.2) is 0 Å². The molecule has 3 heterocycles. The standard InChI is InChI=1S/C34H44O3P.HI/c1-33-27-35-34(36-28-33,37-29-33)25-17-6-4-2-3-5-7-18-26-38(30-19-11-8-12-20-30,31-21-13-9-14-22-31)32-23-15-10-16-24-32;/h8-16,19-24H,2-7,17-18,25-29H2,1H3;1H/q+1;/p-1. The number of benzene rings is 3. The van der Waals surface area contributed by atoms with E-state index in [4.69, 9.17) is 14.2 Å². The Bertz CT molecular complexity index is 988. The Labute approximate surface area is 253 Å². The van der Waals surface area contributed by atoms with Gasteiger partial charge in [0.15, 0.2) is 0 Å². The van der Waals surface area contributed by atoms with E-state index in [-0.39, 0.29) is 29.4 Å². The number of hydrogen-bond acceptors (Lipinski definition) is 3. The van der Waals surface area contributed by atoms with Crippen molar-refractivity contribution in [3.05, 3.63) is 91.0 Å². The summed E-state index contributed by atoms with van der Waals surface area (Å²) in [6.07, 6.45) is 12.2. The molecule has 3 aromatic carbocycles. The number of fused-ring (bicyclic) bond motifs is 3. The molecule has 3 fully saturated rings. The Morgan fingerprint density at radius 2 is 0.897 bits per heavy atom. The van der Waals surface area contributed by atoms with Crippen LogP contribution in [0.4, 0.5) is 0 Å². The molecule has 0 radical (unpaired) electrons. The highest BCUT2D eigenvalue weighted by atomic mass is 127. The molecule has 0 aromatic heterocycles. The predicted molar refractivity (Wildman–Crippen MR) is 160 cm³/mol. The highest BCUT2D eigenvalue weighted by Gasteiger charge is 2.49. The summed E-state index contributed by atoms with van der Waals surface area (Å²) in [4.78, 5) is 0. The lowest BCUT2D eigenvalue weighted by atomic mass is 9.91. The summed E-state index contributed by atoms with van der Waals surface area (Å²) in [7, 11) is -1.68. The molecule has 0 unspecified atom stereocenters. The first kappa shape index (κ1) is 30.7. The van der Waals surface area contributed by atoms with Gasteiger partial charge in [0.2, 0.25) is 0 Å². The second-order valence-corrected chi connectivity index (χ2v) is 15.1. The largest absolute Gasteiger partial charge is 1.00 e. The summed E-state index contributed by atoms with van der Waals surface area (Å²) < 4.78 is 17.8. The minimum atomic E-state index is -1.68. The molecule has 5 heteroatoms. The number of halogens is 1. The van der Waals surface area contributed by atoms with Gasteiger partial charge in [0.05, 0.1) is 26.0 Å². The molecule has 3 aliphatic heterocycles. The molecule has 3 saturated heterocycles. The predicted octanol–water partition coefficient (Wildman–Crippen LogP) is 4.23. The number of unbranched alkanes of at least 4 members (excludes halogenated alkanes) is 7. The fraction of sp³-hybridized carbons (Fsp3) is 0.471. The average Bonchev–Trinajstić information content (AvgIpc) is 2.98. The van der Waals surface area contributed by atoms with Crippen LogP contribution in [0, 0.1) is 5.41 Å². The van der Waals surface area contributed by atoms with Crippen LogP contribution < -0.4 is 39.9 Å². The first-order valence-corrected chi connectivity index (χ1v) is 16.6. The monoisotopic (exact) mass is 658 g/mol. The Hall–Kier alpha value is -1.30. The second kappa shape index (κ2) is 14.5. The van der Waals surface area contributed by atoms with Crippen LogP contribution in [0.25, 0.3) is 0 Å². The third-order valence-corrected chi connectivity index (χ3v) is 12.8. The minimum Gasteiger partial charge on any atom is -1.00 e. The SMILES string of the molecule is CC12COC(CCCCCCCCCC[P+](c3ccccc3)(c3ccccc3)c3ccccc3)(OC1)OC2.[I-]. The van der Waals surface area contributed by atoms with E-state index >= 15 is 0 Å². The van der Waals surface area contributed by atoms with Gasteiger partial charge in [-0.05, 0) is 55.7 Å². The van der Waals surface area contributed by atoms with Crippen molar-refractivity contribution in [1.82, 2.24) is 0 Å². The van der Waals surface area contributed by atoms with Gasteiger partial charge in [-0.3, -0.25) is 0 Å². The topological polar surface area (TPSA) is 27.7 Å². The molecule has 0 spiro atoms. The van der Waals surface area contributed by atoms with Crippen molar-refractivity contribution in [1.29, 1.82) is 0 Å². The van der Waals surface area contributed by atoms with Crippen molar-refractivity contribution in [3.63, 3.8) is 0 Å². The lowest BCUT2D eigenvalue weighted by Gasteiger charge is -2.50. The minimum absolute atomic E-state index is 0. The van der Waals surface area contributed by atoms with E-state index in [1.54, 1.807) is 0 Å². The van der Waals surface area contributed by atoms with Crippen LogP contribution in [0.1, 0.15) is 64.7 Å². The molecule has 3 nitrogen and oxygen atoms in total. The molecule has 0 amide bonds. The highest BCUT2D eigenvalue weighted by molar-refractivity contribution is 7.95. The maximum absolute atomic E-state index is 5.92.